The van der Waals surface area contributed by atoms with Crippen LogP contribution in [0.25, 0.3) is 0 Å². The normalized spacial score (nSPS) is 9.40. The summed E-state index contributed by atoms with van der Waals surface area (Å²) in [6, 6.07) is 6.86. The fourth-order valence-electron chi connectivity index (χ4n) is 1.19. The highest BCUT2D eigenvalue weighted by Gasteiger charge is 2.19. The van der Waals surface area contributed by atoms with E-state index < -0.39 is 17.5 Å². The Morgan fingerprint density at radius 2 is 1.93 bits per heavy atom. The SMILES string of the molecule is Cc1cc(F)cc(C(=O)C(C#N)C#N)c1. The topological polar surface area (TPSA) is 64.7 Å². The van der Waals surface area contributed by atoms with Crippen molar-refractivity contribution in [2.75, 3.05) is 0 Å². The summed E-state index contributed by atoms with van der Waals surface area (Å²) in [4.78, 5) is 11.5. The van der Waals surface area contributed by atoms with Crippen LogP contribution in [-0.2, 0) is 0 Å². The molecule has 74 valence electrons. The van der Waals surface area contributed by atoms with Crippen LogP contribution in [0.15, 0.2) is 18.2 Å². The van der Waals surface area contributed by atoms with Crippen LogP contribution in [0.5, 0.6) is 0 Å². The molecule has 0 amide bonds. The van der Waals surface area contributed by atoms with Gasteiger partial charge in [-0.1, -0.05) is 0 Å². The molecule has 0 fully saturated rings. The minimum Gasteiger partial charge on any atom is -0.291 e. The molecular formula is C11H7FN2O. The van der Waals surface area contributed by atoms with Gasteiger partial charge in [-0.05, 0) is 30.7 Å². The van der Waals surface area contributed by atoms with Gasteiger partial charge in [-0.25, -0.2) is 4.39 Å². The van der Waals surface area contributed by atoms with E-state index in [0.717, 1.165) is 6.07 Å². The van der Waals surface area contributed by atoms with Crippen LogP contribution in [0.3, 0.4) is 0 Å². The zero-order chi connectivity index (χ0) is 11.4. The first-order valence-electron chi connectivity index (χ1n) is 4.19. The standard InChI is InChI=1S/C11H7FN2O/c1-7-2-8(4-10(12)3-7)11(15)9(5-13)6-14/h2-4,9H,1H3. The van der Waals surface area contributed by atoms with Crippen molar-refractivity contribution in [3.05, 3.63) is 35.1 Å². The quantitative estimate of drug-likeness (QED) is 0.688. The number of Topliss-reactive ketones (excluding diaryl/α,β-unsaturated/α-hetero) is 1. The zero-order valence-corrected chi connectivity index (χ0v) is 7.99. The van der Waals surface area contributed by atoms with Gasteiger partial charge < -0.3 is 0 Å². The third-order valence-electron chi connectivity index (χ3n) is 1.85. The van der Waals surface area contributed by atoms with E-state index >= 15 is 0 Å². The Balaban J connectivity index is 3.14. The van der Waals surface area contributed by atoms with Gasteiger partial charge in [-0.3, -0.25) is 4.79 Å². The van der Waals surface area contributed by atoms with Crippen LogP contribution >= 0.6 is 0 Å². The van der Waals surface area contributed by atoms with Crippen LogP contribution in [0, 0.1) is 41.3 Å². The number of hydrogen-bond acceptors (Lipinski definition) is 3. The minimum atomic E-state index is -1.37. The summed E-state index contributed by atoms with van der Waals surface area (Å²) < 4.78 is 12.9. The lowest BCUT2D eigenvalue weighted by atomic mass is 9.99. The van der Waals surface area contributed by atoms with Gasteiger partial charge >= 0.3 is 0 Å². The third-order valence-corrected chi connectivity index (χ3v) is 1.85. The summed E-state index contributed by atoms with van der Waals surface area (Å²) in [6.45, 7) is 1.63. The molecule has 0 N–H and O–H groups in total. The molecule has 0 radical (unpaired) electrons. The maximum absolute atomic E-state index is 12.9. The van der Waals surface area contributed by atoms with Gasteiger partial charge in [0, 0.05) is 5.56 Å². The van der Waals surface area contributed by atoms with Crippen molar-refractivity contribution in [3.63, 3.8) is 0 Å². The summed E-state index contributed by atoms with van der Waals surface area (Å²) in [7, 11) is 0. The molecule has 0 atom stereocenters. The van der Waals surface area contributed by atoms with Gasteiger partial charge in [0.15, 0.2) is 11.7 Å². The molecule has 4 heteroatoms. The van der Waals surface area contributed by atoms with E-state index in [2.05, 4.69) is 0 Å². The second-order valence-corrected chi connectivity index (χ2v) is 3.07. The molecule has 0 aliphatic carbocycles. The highest BCUT2D eigenvalue weighted by atomic mass is 19.1. The first kappa shape index (κ1) is 10.9. The predicted octanol–water partition coefficient (Wildman–Crippen LogP) is 1.98. The van der Waals surface area contributed by atoms with E-state index in [1.807, 2.05) is 0 Å². The summed E-state index contributed by atoms with van der Waals surface area (Å²) in [5.41, 5.74) is 0.633. The number of halogens is 1. The molecule has 0 saturated carbocycles. The van der Waals surface area contributed by atoms with E-state index in [9.17, 15) is 9.18 Å². The summed E-state index contributed by atoms with van der Waals surface area (Å²) in [5.74, 6) is -2.58. The molecule has 1 rings (SSSR count). The highest BCUT2D eigenvalue weighted by molar-refractivity contribution is 6.01. The van der Waals surface area contributed by atoms with Gasteiger partial charge in [-0.15, -0.1) is 0 Å². The number of hydrogen-bond donors (Lipinski definition) is 0. The maximum Gasteiger partial charge on any atom is 0.195 e. The molecule has 0 saturated heterocycles. The van der Waals surface area contributed by atoms with Crippen molar-refractivity contribution in [3.8, 4) is 12.1 Å². The van der Waals surface area contributed by atoms with Crippen LogP contribution in [-0.4, -0.2) is 5.78 Å². The average Bonchev–Trinajstić information content (AvgIpc) is 2.18. The Hall–Kier alpha value is -2.20. The third kappa shape index (κ3) is 2.38. The van der Waals surface area contributed by atoms with E-state index in [-0.39, 0.29) is 5.56 Å². The molecule has 3 nitrogen and oxygen atoms in total. The molecule has 0 aliphatic rings. The Bertz CT molecular complexity index is 448. The average molecular weight is 202 g/mol. The van der Waals surface area contributed by atoms with Crippen LogP contribution in [0.4, 0.5) is 4.39 Å². The van der Waals surface area contributed by atoms with Crippen LogP contribution < -0.4 is 0 Å². The second kappa shape index (κ2) is 4.34. The second-order valence-electron chi connectivity index (χ2n) is 3.07. The summed E-state index contributed by atoms with van der Waals surface area (Å²) >= 11 is 0. The van der Waals surface area contributed by atoms with Crippen molar-refractivity contribution >= 4 is 5.78 Å². The van der Waals surface area contributed by atoms with Crippen LogP contribution in [0.2, 0.25) is 0 Å². The molecule has 0 heterocycles. The molecular weight excluding hydrogens is 195 g/mol. The van der Waals surface area contributed by atoms with E-state index in [4.69, 9.17) is 10.5 Å². The highest BCUT2D eigenvalue weighted by Crippen LogP contribution is 2.12. The number of aryl methyl sites for hydroxylation is 1. The number of carbonyl (C=O) groups is 1. The monoisotopic (exact) mass is 202 g/mol. The largest absolute Gasteiger partial charge is 0.291 e. The number of benzene rings is 1. The summed E-state index contributed by atoms with van der Waals surface area (Å²) in [5, 5.41) is 17.0. The molecule has 15 heavy (non-hydrogen) atoms. The Morgan fingerprint density at radius 3 is 2.40 bits per heavy atom. The summed E-state index contributed by atoms with van der Waals surface area (Å²) in [6.07, 6.45) is 0. The minimum absolute atomic E-state index is 0.0561. The van der Waals surface area contributed by atoms with Gasteiger partial charge in [0.1, 0.15) is 5.82 Å². The smallest absolute Gasteiger partial charge is 0.195 e. The Morgan fingerprint density at radius 1 is 1.33 bits per heavy atom. The molecule has 1 aromatic rings. The number of nitriles is 2. The van der Waals surface area contributed by atoms with Gasteiger partial charge in [0.25, 0.3) is 0 Å². The fraction of sp³-hybridized carbons (Fsp3) is 0.182. The molecule has 0 aromatic heterocycles. The molecule has 1 aromatic carbocycles. The number of carbonyl (C=O) groups excluding carboxylic acids is 1. The van der Waals surface area contributed by atoms with E-state index in [1.165, 1.54) is 12.1 Å². The molecule has 0 bridgehead atoms. The van der Waals surface area contributed by atoms with E-state index in [0.29, 0.717) is 5.56 Å². The zero-order valence-electron chi connectivity index (χ0n) is 7.99. The Kier molecular flexibility index (Phi) is 3.15. The molecule has 0 unspecified atom stereocenters. The molecule has 0 spiro atoms. The Labute approximate surface area is 86.4 Å². The van der Waals surface area contributed by atoms with Gasteiger partial charge in [0.2, 0.25) is 0 Å². The van der Waals surface area contributed by atoms with E-state index in [1.54, 1.807) is 19.1 Å². The number of ketones is 1. The van der Waals surface area contributed by atoms with Crippen molar-refractivity contribution in [1.29, 1.82) is 10.5 Å². The first-order chi connectivity index (χ1) is 7.08. The lowest BCUT2D eigenvalue weighted by molar-refractivity contribution is 0.0970. The lowest BCUT2D eigenvalue weighted by Gasteiger charge is -2.02. The molecule has 0 aliphatic heterocycles. The van der Waals surface area contributed by atoms with Crippen molar-refractivity contribution in [1.82, 2.24) is 0 Å². The first-order valence-corrected chi connectivity index (χ1v) is 4.19. The van der Waals surface area contributed by atoms with Gasteiger partial charge in [0.05, 0.1) is 12.1 Å². The predicted molar refractivity (Wildman–Crippen MR) is 50.2 cm³/mol. The number of rotatable bonds is 2. The fourth-order valence-corrected chi connectivity index (χ4v) is 1.19. The van der Waals surface area contributed by atoms with Crippen molar-refractivity contribution < 1.29 is 9.18 Å². The van der Waals surface area contributed by atoms with Crippen LogP contribution in [0.1, 0.15) is 15.9 Å². The lowest BCUT2D eigenvalue weighted by Crippen LogP contribution is -2.11. The number of nitrogens with zero attached hydrogens (tertiary/aromatic N) is 2. The maximum atomic E-state index is 12.9. The van der Waals surface area contributed by atoms with Gasteiger partial charge in [-0.2, -0.15) is 10.5 Å². The van der Waals surface area contributed by atoms with Crippen molar-refractivity contribution in [2.45, 2.75) is 6.92 Å². The van der Waals surface area contributed by atoms with Crippen molar-refractivity contribution in [2.24, 2.45) is 5.92 Å².